The minimum atomic E-state index is 0.220. The summed E-state index contributed by atoms with van der Waals surface area (Å²) < 4.78 is 8.22. The van der Waals surface area contributed by atoms with Crippen molar-refractivity contribution in [3.05, 3.63) is 63.9 Å². The van der Waals surface area contributed by atoms with Crippen LogP contribution in [0.15, 0.2) is 53.0 Å². The highest BCUT2D eigenvalue weighted by molar-refractivity contribution is 9.10. The average molecular weight is 366 g/mol. The molecule has 0 N–H and O–H groups in total. The van der Waals surface area contributed by atoms with Crippen LogP contribution in [-0.2, 0) is 6.61 Å². The molecule has 3 rings (SSSR count). The van der Waals surface area contributed by atoms with E-state index in [0.29, 0.717) is 16.6 Å². The van der Waals surface area contributed by atoms with Gasteiger partial charge in [-0.25, -0.2) is 0 Å². The lowest BCUT2D eigenvalue weighted by atomic mass is 10.3. The normalized spacial score (nSPS) is 10.6. The van der Waals surface area contributed by atoms with E-state index < -0.39 is 0 Å². The second-order valence-electron chi connectivity index (χ2n) is 4.21. The summed E-state index contributed by atoms with van der Waals surface area (Å²) in [6, 6.07) is 15.0. The molecule has 0 aliphatic carbocycles. The van der Waals surface area contributed by atoms with Crippen molar-refractivity contribution in [2.75, 3.05) is 0 Å². The van der Waals surface area contributed by atoms with E-state index >= 15 is 0 Å². The minimum absolute atomic E-state index is 0.220. The highest BCUT2D eigenvalue weighted by Gasteiger charge is 2.10. The van der Waals surface area contributed by atoms with Gasteiger partial charge >= 0.3 is 0 Å². The van der Waals surface area contributed by atoms with Crippen molar-refractivity contribution >= 4 is 27.5 Å². The largest absolute Gasteiger partial charge is 0.484 e. The molecule has 21 heavy (non-hydrogen) atoms. The number of hydrogen-bond acceptors (Lipinski definition) is 4. The molecule has 0 saturated heterocycles. The summed E-state index contributed by atoms with van der Waals surface area (Å²) in [6.45, 7) is 0.220. The SMILES string of the molecule is Clc1ccc(Br)cc1OCc1nnnn1-c1ccccc1. The molecule has 0 radical (unpaired) electrons. The van der Waals surface area contributed by atoms with E-state index in [-0.39, 0.29) is 6.61 Å². The molecule has 0 aliphatic heterocycles. The van der Waals surface area contributed by atoms with Crippen LogP contribution in [-0.4, -0.2) is 20.2 Å². The molecule has 0 unspecified atom stereocenters. The zero-order valence-corrected chi connectivity index (χ0v) is 13.1. The Bertz CT molecular complexity index is 748. The smallest absolute Gasteiger partial charge is 0.194 e. The maximum absolute atomic E-state index is 6.09. The van der Waals surface area contributed by atoms with Crippen LogP contribution in [0, 0.1) is 0 Å². The van der Waals surface area contributed by atoms with Gasteiger partial charge in [0.15, 0.2) is 5.82 Å². The van der Waals surface area contributed by atoms with Crippen molar-refractivity contribution in [2.24, 2.45) is 0 Å². The molecule has 0 amide bonds. The van der Waals surface area contributed by atoms with E-state index in [1.54, 1.807) is 16.8 Å². The fourth-order valence-electron chi connectivity index (χ4n) is 1.80. The Hall–Kier alpha value is -1.92. The van der Waals surface area contributed by atoms with Crippen LogP contribution in [0.4, 0.5) is 0 Å². The Kier molecular flexibility index (Phi) is 4.17. The first kappa shape index (κ1) is 14.0. The molecular formula is C14H10BrClN4O. The first-order valence-electron chi connectivity index (χ1n) is 6.14. The predicted octanol–water partition coefficient (Wildman–Crippen LogP) is 3.66. The molecule has 3 aromatic rings. The van der Waals surface area contributed by atoms with Gasteiger partial charge in [-0.15, -0.1) is 5.10 Å². The van der Waals surface area contributed by atoms with E-state index in [1.165, 1.54) is 0 Å². The third-order valence-electron chi connectivity index (χ3n) is 2.78. The molecule has 106 valence electrons. The fourth-order valence-corrected chi connectivity index (χ4v) is 2.31. The second-order valence-corrected chi connectivity index (χ2v) is 5.53. The average Bonchev–Trinajstić information content (AvgIpc) is 2.97. The zero-order valence-electron chi connectivity index (χ0n) is 10.8. The molecule has 0 bridgehead atoms. The lowest BCUT2D eigenvalue weighted by Gasteiger charge is -2.08. The Balaban J connectivity index is 1.81. The molecule has 1 aromatic heterocycles. The first-order valence-corrected chi connectivity index (χ1v) is 7.31. The summed E-state index contributed by atoms with van der Waals surface area (Å²) in [6.07, 6.45) is 0. The van der Waals surface area contributed by atoms with Crippen molar-refractivity contribution < 1.29 is 4.74 Å². The van der Waals surface area contributed by atoms with E-state index in [2.05, 4.69) is 31.5 Å². The number of ether oxygens (including phenoxy) is 1. The molecule has 0 fully saturated rings. The van der Waals surface area contributed by atoms with E-state index in [0.717, 1.165) is 10.2 Å². The summed E-state index contributed by atoms with van der Waals surface area (Å²) in [5, 5.41) is 12.2. The quantitative estimate of drug-likeness (QED) is 0.708. The van der Waals surface area contributed by atoms with Gasteiger partial charge in [0, 0.05) is 4.47 Å². The van der Waals surface area contributed by atoms with Crippen LogP contribution in [0.3, 0.4) is 0 Å². The summed E-state index contributed by atoms with van der Waals surface area (Å²) >= 11 is 9.47. The third-order valence-corrected chi connectivity index (χ3v) is 3.59. The van der Waals surface area contributed by atoms with Gasteiger partial charge in [-0.3, -0.25) is 0 Å². The van der Waals surface area contributed by atoms with Crippen LogP contribution in [0.2, 0.25) is 5.02 Å². The number of halogens is 2. The molecule has 0 atom stereocenters. The third kappa shape index (κ3) is 3.22. The lowest BCUT2D eigenvalue weighted by Crippen LogP contribution is -2.07. The Morgan fingerprint density at radius 3 is 2.76 bits per heavy atom. The van der Waals surface area contributed by atoms with Gasteiger partial charge in [0.05, 0.1) is 10.7 Å². The van der Waals surface area contributed by atoms with Gasteiger partial charge in [-0.1, -0.05) is 45.7 Å². The molecule has 0 aliphatic rings. The predicted molar refractivity (Wildman–Crippen MR) is 82.6 cm³/mol. The van der Waals surface area contributed by atoms with Gasteiger partial charge in [-0.2, -0.15) is 4.68 Å². The van der Waals surface area contributed by atoms with Crippen LogP contribution >= 0.6 is 27.5 Å². The van der Waals surface area contributed by atoms with Gasteiger partial charge in [0.25, 0.3) is 0 Å². The first-order chi connectivity index (χ1) is 10.2. The number of tetrazole rings is 1. The summed E-state index contributed by atoms with van der Waals surface area (Å²) in [5.74, 6) is 1.17. The van der Waals surface area contributed by atoms with Crippen LogP contribution in [0.25, 0.3) is 5.69 Å². The highest BCUT2D eigenvalue weighted by Crippen LogP contribution is 2.28. The van der Waals surface area contributed by atoms with Crippen LogP contribution in [0.5, 0.6) is 5.75 Å². The number of nitrogens with zero attached hydrogens (tertiary/aromatic N) is 4. The molecular weight excluding hydrogens is 356 g/mol. The van der Waals surface area contributed by atoms with Gasteiger partial charge in [0.1, 0.15) is 12.4 Å². The number of aromatic nitrogens is 4. The van der Waals surface area contributed by atoms with Crippen molar-refractivity contribution in [1.29, 1.82) is 0 Å². The molecule has 1 heterocycles. The van der Waals surface area contributed by atoms with E-state index in [9.17, 15) is 0 Å². The Morgan fingerprint density at radius 1 is 1.14 bits per heavy atom. The van der Waals surface area contributed by atoms with Crippen molar-refractivity contribution in [3.63, 3.8) is 0 Å². The monoisotopic (exact) mass is 364 g/mol. The molecule has 7 heteroatoms. The molecule has 0 spiro atoms. The standard InChI is InChI=1S/C14H10BrClN4O/c15-10-6-7-12(16)13(8-10)21-9-14-17-18-19-20(14)11-4-2-1-3-5-11/h1-8H,9H2. The lowest BCUT2D eigenvalue weighted by molar-refractivity contribution is 0.292. The fraction of sp³-hybridized carbons (Fsp3) is 0.0714. The maximum Gasteiger partial charge on any atom is 0.194 e. The minimum Gasteiger partial charge on any atom is -0.484 e. The van der Waals surface area contributed by atoms with Gasteiger partial charge < -0.3 is 4.74 Å². The zero-order chi connectivity index (χ0) is 14.7. The Labute approximate surface area is 134 Å². The van der Waals surface area contributed by atoms with Crippen LogP contribution < -0.4 is 4.74 Å². The van der Waals surface area contributed by atoms with Gasteiger partial charge in [-0.05, 0) is 40.8 Å². The van der Waals surface area contributed by atoms with Crippen molar-refractivity contribution in [2.45, 2.75) is 6.61 Å². The number of benzene rings is 2. The molecule has 0 saturated carbocycles. The van der Waals surface area contributed by atoms with E-state index in [4.69, 9.17) is 16.3 Å². The second kappa shape index (κ2) is 6.24. The van der Waals surface area contributed by atoms with Crippen molar-refractivity contribution in [3.8, 4) is 11.4 Å². The summed E-state index contributed by atoms with van der Waals surface area (Å²) in [4.78, 5) is 0. The summed E-state index contributed by atoms with van der Waals surface area (Å²) in [7, 11) is 0. The molecule has 5 nitrogen and oxygen atoms in total. The topological polar surface area (TPSA) is 52.8 Å². The Morgan fingerprint density at radius 2 is 1.95 bits per heavy atom. The summed E-state index contributed by atoms with van der Waals surface area (Å²) in [5.41, 5.74) is 0.876. The molecule has 2 aromatic carbocycles. The van der Waals surface area contributed by atoms with Crippen molar-refractivity contribution in [1.82, 2.24) is 20.2 Å². The highest BCUT2D eigenvalue weighted by atomic mass is 79.9. The van der Waals surface area contributed by atoms with Gasteiger partial charge in [0.2, 0.25) is 0 Å². The maximum atomic E-state index is 6.09. The van der Waals surface area contributed by atoms with Crippen LogP contribution in [0.1, 0.15) is 5.82 Å². The number of para-hydroxylation sites is 1. The number of hydrogen-bond donors (Lipinski definition) is 0. The van der Waals surface area contributed by atoms with E-state index in [1.807, 2.05) is 36.4 Å². The number of rotatable bonds is 4.